The van der Waals surface area contributed by atoms with Crippen molar-refractivity contribution in [1.82, 2.24) is 9.97 Å². The summed E-state index contributed by atoms with van der Waals surface area (Å²) < 4.78 is 12.8. The average molecular weight is 277 g/mol. The van der Waals surface area contributed by atoms with Gasteiger partial charge in [0, 0.05) is 16.7 Å². The second kappa shape index (κ2) is 6.02. The van der Waals surface area contributed by atoms with E-state index in [0.29, 0.717) is 23.3 Å². The van der Waals surface area contributed by atoms with E-state index in [1.165, 1.54) is 12.1 Å². The second-order valence-electron chi connectivity index (χ2n) is 4.53. The maximum atomic E-state index is 12.8. The van der Waals surface area contributed by atoms with Gasteiger partial charge in [-0.25, -0.2) is 14.4 Å². The molecule has 0 spiro atoms. The maximum absolute atomic E-state index is 12.8. The molecule has 0 aliphatic rings. The number of anilines is 1. The lowest BCUT2D eigenvalue weighted by Gasteiger charge is -2.08. The molecule has 0 unspecified atom stereocenters. The van der Waals surface area contributed by atoms with Crippen LogP contribution in [0.3, 0.4) is 0 Å². The first-order valence-electron chi connectivity index (χ1n) is 6.06. The van der Waals surface area contributed by atoms with Gasteiger partial charge in [-0.2, -0.15) is 0 Å². The number of nitrogens with two attached hydrogens (primary N) is 1. The Bertz CT molecular complexity index is 555. The van der Waals surface area contributed by atoms with Gasteiger partial charge in [0.15, 0.2) is 0 Å². The highest BCUT2D eigenvalue weighted by Crippen LogP contribution is 2.23. The van der Waals surface area contributed by atoms with Crippen LogP contribution in [0.2, 0.25) is 0 Å². The lowest BCUT2D eigenvalue weighted by molar-refractivity contribution is 0.626. The van der Waals surface area contributed by atoms with Crippen LogP contribution in [0.25, 0.3) is 0 Å². The molecule has 1 heterocycles. The molecule has 0 atom stereocenters. The average Bonchev–Trinajstić information content (AvgIpc) is 2.37. The van der Waals surface area contributed by atoms with E-state index >= 15 is 0 Å². The number of aromatic nitrogens is 2. The van der Waals surface area contributed by atoms with E-state index in [0.717, 1.165) is 10.6 Å². The number of hydrogen-bond donors (Lipinski definition) is 1. The number of nitrogen functional groups attached to an aromatic ring is 1. The van der Waals surface area contributed by atoms with Crippen molar-refractivity contribution in [2.75, 3.05) is 5.73 Å². The third-order valence-electron chi connectivity index (χ3n) is 2.59. The van der Waals surface area contributed by atoms with Gasteiger partial charge in [-0.3, -0.25) is 0 Å². The number of nitrogens with zero attached hydrogens (tertiary/aromatic N) is 2. The van der Waals surface area contributed by atoms with E-state index in [4.69, 9.17) is 5.73 Å². The van der Waals surface area contributed by atoms with E-state index in [9.17, 15) is 4.39 Å². The van der Waals surface area contributed by atoms with Crippen LogP contribution in [0.15, 0.2) is 35.2 Å². The molecular formula is C14H16FN3S. The first-order chi connectivity index (χ1) is 9.04. The molecule has 0 saturated carbocycles. The fraction of sp³-hybridized carbons (Fsp3) is 0.286. The molecule has 1 aromatic heterocycles. The van der Waals surface area contributed by atoms with Gasteiger partial charge in [-0.1, -0.05) is 13.8 Å². The van der Waals surface area contributed by atoms with Crippen molar-refractivity contribution in [2.24, 2.45) is 0 Å². The molecule has 0 amide bonds. The number of hydrogen-bond acceptors (Lipinski definition) is 4. The minimum atomic E-state index is -0.230. The Kier molecular flexibility index (Phi) is 4.37. The van der Waals surface area contributed by atoms with Crippen molar-refractivity contribution < 1.29 is 4.39 Å². The summed E-state index contributed by atoms with van der Waals surface area (Å²) in [4.78, 5) is 9.69. The quantitative estimate of drug-likeness (QED) is 0.867. The Morgan fingerprint density at radius 2 is 1.89 bits per heavy atom. The van der Waals surface area contributed by atoms with Crippen LogP contribution in [0.4, 0.5) is 10.2 Å². The molecule has 0 bridgehead atoms. The Morgan fingerprint density at radius 1 is 1.21 bits per heavy atom. The van der Waals surface area contributed by atoms with Crippen molar-refractivity contribution in [1.29, 1.82) is 0 Å². The van der Waals surface area contributed by atoms with E-state index in [1.54, 1.807) is 30.0 Å². The highest BCUT2D eigenvalue weighted by atomic mass is 32.2. The van der Waals surface area contributed by atoms with Crippen LogP contribution in [-0.4, -0.2) is 9.97 Å². The third-order valence-corrected chi connectivity index (χ3v) is 3.59. The molecule has 0 aliphatic carbocycles. The fourth-order valence-electron chi connectivity index (χ4n) is 1.58. The molecule has 2 N–H and O–H groups in total. The van der Waals surface area contributed by atoms with Gasteiger partial charge in [0.1, 0.15) is 17.5 Å². The van der Waals surface area contributed by atoms with E-state index in [-0.39, 0.29) is 5.82 Å². The van der Waals surface area contributed by atoms with Crippen molar-refractivity contribution in [2.45, 2.75) is 30.4 Å². The van der Waals surface area contributed by atoms with E-state index < -0.39 is 0 Å². The largest absolute Gasteiger partial charge is 0.384 e. The van der Waals surface area contributed by atoms with Gasteiger partial charge >= 0.3 is 0 Å². The topological polar surface area (TPSA) is 51.8 Å². The zero-order valence-corrected chi connectivity index (χ0v) is 11.7. The predicted molar refractivity (Wildman–Crippen MR) is 76.5 cm³/mol. The van der Waals surface area contributed by atoms with Gasteiger partial charge in [0.05, 0.1) is 5.75 Å². The van der Waals surface area contributed by atoms with Crippen LogP contribution < -0.4 is 5.73 Å². The summed E-state index contributed by atoms with van der Waals surface area (Å²) in [6, 6.07) is 8.19. The van der Waals surface area contributed by atoms with Crippen LogP contribution in [0.5, 0.6) is 0 Å². The molecule has 0 radical (unpaired) electrons. The minimum Gasteiger partial charge on any atom is -0.384 e. The number of rotatable bonds is 4. The zero-order valence-electron chi connectivity index (χ0n) is 10.9. The Labute approximate surface area is 116 Å². The summed E-state index contributed by atoms with van der Waals surface area (Å²) in [6.45, 7) is 4.14. The SMILES string of the molecule is CC(C)c1cc(N)nc(CSc2ccc(F)cc2)n1. The first kappa shape index (κ1) is 13.8. The predicted octanol–water partition coefficient (Wildman–Crippen LogP) is 3.61. The van der Waals surface area contributed by atoms with E-state index in [1.807, 2.05) is 0 Å². The summed E-state index contributed by atoms with van der Waals surface area (Å²) in [5, 5.41) is 0. The molecule has 5 heteroatoms. The van der Waals surface area contributed by atoms with Crippen LogP contribution in [0.1, 0.15) is 31.3 Å². The Balaban J connectivity index is 2.08. The van der Waals surface area contributed by atoms with Crippen molar-refractivity contribution in [3.63, 3.8) is 0 Å². The molecule has 0 fully saturated rings. The fourth-order valence-corrected chi connectivity index (χ4v) is 2.33. The molecule has 0 aliphatic heterocycles. The molecular weight excluding hydrogens is 261 g/mol. The Morgan fingerprint density at radius 3 is 2.53 bits per heavy atom. The Hall–Kier alpha value is -1.62. The van der Waals surface area contributed by atoms with Crippen molar-refractivity contribution >= 4 is 17.6 Å². The molecule has 2 aromatic rings. The van der Waals surface area contributed by atoms with Crippen LogP contribution >= 0.6 is 11.8 Å². The normalized spacial score (nSPS) is 10.9. The minimum absolute atomic E-state index is 0.230. The molecule has 0 saturated heterocycles. The molecule has 3 nitrogen and oxygen atoms in total. The zero-order chi connectivity index (χ0) is 13.8. The number of benzene rings is 1. The van der Waals surface area contributed by atoms with Crippen molar-refractivity contribution in [3.8, 4) is 0 Å². The summed E-state index contributed by atoms with van der Waals surface area (Å²) in [5.41, 5.74) is 6.72. The molecule has 100 valence electrons. The lowest BCUT2D eigenvalue weighted by Crippen LogP contribution is -2.03. The monoisotopic (exact) mass is 277 g/mol. The summed E-state index contributed by atoms with van der Waals surface area (Å²) >= 11 is 1.56. The maximum Gasteiger partial charge on any atom is 0.141 e. The van der Waals surface area contributed by atoms with Crippen LogP contribution in [-0.2, 0) is 5.75 Å². The summed E-state index contributed by atoms with van der Waals surface area (Å²) in [6.07, 6.45) is 0. The van der Waals surface area contributed by atoms with Crippen LogP contribution in [0, 0.1) is 5.82 Å². The van der Waals surface area contributed by atoms with E-state index in [2.05, 4.69) is 23.8 Å². The van der Waals surface area contributed by atoms with Gasteiger partial charge < -0.3 is 5.73 Å². The number of halogens is 1. The summed E-state index contributed by atoms with van der Waals surface area (Å²) in [7, 11) is 0. The lowest BCUT2D eigenvalue weighted by atomic mass is 10.1. The number of thioether (sulfide) groups is 1. The van der Waals surface area contributed by atoms with Gasteiger partial charge in [0.25, 0.3) is 0 Å². The van der Waals surface area contributed by atoms with Gasteiger partial charge in [-0.15, -0.1) is 11.8 Å². The second-order valence-corrected chi connectivity index (χ2v) is 5.58. The van der Waals surface area contributed by atoms with Crippen molar-refractivity contribution in [3.05, 3.63) is 47.7 Å². The molecule has 19 heavy (non-hydrogen) atoms. The smallest absolute Gasteiger partial charge is 0.141 e. The highest BCUT2D eigenvalue weighted by Gasteiger charge is 2.07. The van der Waals surface area contributed by atoms with Gasteiger partial charge in [0.2, 0.25) is 0 Å². The molecule has 2 rings (SSSR count). The van der Waals surface area contributed by atoms with Gasteiger partial charge in [-0.05, 0) is 30.2 Å². The molecule has 1 aromatic carbocycles. The standard InChI is InChI=1S/C14H16FN3S/c1-9(2)12-7-13(16)18-14(17-12)8-19-11-5-3-10(15)4-6-11/h3-7,9H,8H2,1-2H3,(H2,16,17,18). The third kappa shape index (κ3) is 3.92. The highest BCUT2D eigenvalue weighted by molar-refractivity contribution is 7.98. The summed E-state index contributed by atoms with van der Waals surface area (Å²) in [5.74, 6) is 1.91. The first-order valence-corrected chi connectivity index (χ1v) is 7.05.